The molecule has 0 aliphatic heterocycles. The van der Waals surface area contributed by atoms with Gasteiger partial charge in [0.05, 0.1) is 0 Å². The zero-order chi connectivity index (χ0) is 10.5. The fraction of sp³-hybridized carbons (Fsp3) is 0.615. The highest BCUT2D eigenvalue weighted by Gasteiger charge is 2.22. The molecule has 2 rings (SSSR count). The summed E-state index contributed by atoms with van der Waals surface area (Å²) in [7, 11) is 0. The van der Waals surface area contributed by atoms with Crippen molar-refractivity contribution in [3.8, 4) is 0 Å². The molecular weight excluding hydrogens is 184 g/mol. The van der Waals surface area contributed by atoms with Crippen LogP contribution in [0, 0.1) is 5.92 Å². The molecular formula is C13H20N2. The minimum absolute atomic E-state index is 0.695. The minimum Gasteiger partial charge on any atom is -0.330 e. The fourth-order valence-electron chi connectivity index (χ4n) is 2.60. The second kappa shape index (κ2) is 5.26. The van der Waals surface area contributed by atoms with Gasteiger partial charge < -0.3 is 5.73 Å². The molecule has 2 nitrogen and oxygen atoms in total. The Kier molecular flexibility index (Phi) is 3.73. The summed E-state index contributed by atoms with van der Waals surface area (Å²) in [5.41, 5.74) is 6.87. The summed E-state index contributed by atoms with van der Waals surface area (Å²) >= 11 is 0. The maximum atomic E-state index is 5.59. The van der Waals surface area contributed by atoms with E-state index in [4.69, 9.17) is 5.73 Å². The number of nitrogens with two attached hydrogens (primary N) is 1. The van der Waals surface area contributed by atoms with Gasteiger partial charge in [-0.2, -0.15) is 0 Å². The van der Waals surface area contributed by atoms with Crippen LogP contribution in [0.5, 0.6) is 0 Å². The third kappa shape index (κ3) is 2.78. The lowest BCUT2D eigenvalue weighted by molar-refractivity contribution is 0.310. The van der Waals surface area contributed by atoms with Crippen LogP contribution in [0.4, 0.5) is 0 Å². The Bertz CT molecular complexity index is 276. The fourth-order valence-corrected chi connectivity index (χ4v) is 2.60. The van der Waals surface area contributed by atoms with Crippen molar-refractivity contribution in [1.82, 2.24) is 4.98 Å². The van der Waals surface area contributed by atoms with Gasteiger partial charge in [-0.05, 0) is 56.7 Å². The van der Waals surface area contributed by atoms with Crippen LogP contribution in [0.25, 0.3) is 0 Å². The molecule has 0 bridgehead atoms. The maximum Gasteiger partial charge on any atom is 0.0434 e. The highest BCUT2D eigenvalue weighted by Crippen LogP contribution is 2.35. The molecule has 1 aromatic heterocycles. The van der Waals surface area contributed by atoms with Crippen molar-refractivity contribution in [2.45, 2.75) is 38.0 Å². The van der Waals surface area contributed by atoms with Gasteiger partial charge in [0.25, 0.3) is 0 Å². The lowest BCUT2D eigenvalue weighted by Crippen LogP contribution is -2.16. The van der Waals surface area contributed by atoms with E-state index in [0.717, 1.165) is 12.5 Å². The summed E-state index contributed by atoms with van der Waals surface area (Å²) in [4.78, 5) is 4.45. The van der Waals surface area contributed by atoms with E-state index in [9.17, 15) is 0 Å². The molecule has 0 unspecified atom stereocenters. The van der Waals surface area contributed by atoms with Crippen LogP contribution in [0.3, 0.4) is 0 Å². The van der Waals surface area contributed by atoms with Crippen molar-refractivity contribution in [1.29, 1.82) is 0 Å². The number of pyridine rings is 1. The van der Waals surface area contributed by atoms with Gasteiger partial charge in [0.2, 0.25) is 0 Å². The van der Waals surface area contributed by atoms with Gasteiger partial charge in [0.1, 0.15) is 0 Å². The second-order valence-electron chi connectivity index (χ2n) is 4.55. The predicted molar refractivity (Wildman–Crippen MR) is 62.6 cm³/mol. The van der Waals surface area contributed by atoms with Crippen LogP contribution in [-0.2, 0) is 0 Å². The third-order valence-electron chi connectivity index (χ3n) is 3.53. The first kappa shape index (κ1) is 10.6. The van der Waals surface area contributed by atoms with E-state index >= 15 is 0 Å². The zero-order valence-corrected chi connectivity index (χ0v) is 9.23. The lowest BCUT2D eigenvalue weighted by Gasteiger charge is -2.27. The molecule has 0 amide bonds. The second-order valence-corrected chi connectivity index (χ2v) is 4.55. The molecule has 0 atom stereocenters. The Morgan fingerprint density at radius 3 is 2.60 bits per heavy atom. The average Bonchev–Trinajstić information content (AvgIpc) is 2.32. The monoisotopic (exact) mass is 204 g/mol. The minimum atomic E-state index is 0.695. The van der Waals surface area contributed by atoms with Crippen molar-refractivity contribution in [3.05, 3.63) is 30.1 Å². The van der Waals surface area contributed by atoms with Crippen LogP contribution < -0.4 is 5.73 Å². The number of rotatable bonds is 3. The van der Waals surface area contributed by atoms with Crippen molar-refractivity contribution >= 4 is 0 Å². The van der Waals surface area contributed by atoms with Crippen LogP contribution in [0.15, 0.2) is 24.4 Å². The van der Waals surface area contributed by atoms with Gasteiger partial charge in [0, 0.05) is 17.8 Å². The Hall–Kier alpha value is -0.890. The van der Waals surface area contributed by atoms with Crippen LogP contribution in [0.1, 0.15) is 43.7 Å². The van der Waals surface area contributed by atoms with E-state index < -0.39 is 0 Å². The van der Waals surface area contributed by atoms with Gasteiger partial charge in [-0.25, -0.2) is 0 Å². The Balaban J connectivity index is 1.88. The SMILES string of the molecule is NCCC1CCC(c2ccccn2)CC1. The summed E-state index contributed by atoms with van der Waals surface area (Å²) in [5, 5.41) is 0. The molecule has 2 heteroatoms. The van der Waals surface area contributed by atoms with E-state index in [-0.39, 0.29) is 0 Å². The number of nitrogens with zero attached hydrogens (tertiary/aromatic N) is 1. The van der Waals surface area contributed by atoms with Crippen molar-refractivity contribution in [2.24, 2.45) is 11.7 Å². The van der Waals surface area contributed by atoms with Gasteiger partial charge in [-0.1, -0.05) is 6.07 Å². The lowest BCUT2D eigenvalue weighted by atomic mass is 9.79. The van der Waals surface area contributed by atoms with E-state index in [2.05, 4.69) is 17.1 Å². The quantitative estimate of drug-likeness (QED) is 0.822. The first-order valence-corrected chi connectivity index (χ1v) is 6.01. The molecule has 0 spiro atoms. The van der Waals surface area contributed by atoms with Crippen molar-refractivity contribution < 1.29 is 0 Å². The van der Waals surface area contributed by atoms with Gasteiger partial charge >= 0.3 is 0 Å². The molecule has 15 heavy (non-hydrogen) atoms. The molecule has 82 valence electrons. The predicted octanol–water partition coefficient (Wildman–Crippen LogP) is 2.70. The van der Waals surface area contributed by atoms with Gasteiger partial charge in [-0.15, -0.1) is 0 Å². The number of hydrogen-bond acceptors (Lipinski definition) is 2. The molecule has 0 radical (unpaired) electrons. The summed E-state index contributed by atoms with van der Waals surface area (Å²) in [5.74, 6) is 1.56. The van der Waals surface area contributed by atoms with Gasteiger partial charge in [-0.3, -0.25) is 4.98 Å². The normalized spacial score (nSPS) is 26.5. The number of aromatic nitrogens is 1. The number of hydrogen-bond donors (Lipinski definition) is 1. The Labute approximate surface area is 91.9 Å². The molecule has 1 aliphatic carbocycles. The van der Waals surface area contributed by atoms with E-state index in [0.29, 0.717) is 5.92 Å². The smallest absolute Gasteiger partial charge is 0.0434 e. The standard InChI is InChI=1S/C13H20N2/c14-9-8-11-4-6-12(7-5-11)13-3-1-2-10-15-13/h1-3,10-12H,4-9,14H2. The van der Waals surface area contributed by atoms with Crippen LogP contribution in [0.2, 0.25) is 0 Å². The highest BCUT2D eigenvalue weighted by atomic mass is 14.7. The molecule has 1 aromatic rings. The Morgan fingerprint density at radius 2 is 2.00 bits per heavy atom. The third-order valence-corrected chi connectivity index (χ3v) is 3.53. The van der Waals surface area contributed by atoms with Crippen molar-refractivity contribution in [2.75, 3.05) is 6.54 Å². The topological polar surface area (TPSA) is 38.9 Å². The highest BCUT2D eigenvalue weighted by molar-refractivity contribution is 5.10. The molecule has 2 N–H and O–H groups in total. The first-order chi connectivity index (χ1) is 7.40. The molecule has 1 saturated carbocycles. The maximum absolute atomic E-state index is 5.59. The molecule has 0 saturated heterocycles. The van der Waals surface area contributed by atoms with E-state index in [1.807, 2.05) is 12.3 Å². The van der Waals surface area contributed by atoms with Crippen LogP contribution in [-0.4, -0.2) is 11.5 Å². The summed E-state index contributed by atoms with van der Waals surface area (Å²) in [6, 6.07) is 6.24. The molecule has 0 aromatic carbocycles. The largest absolute Gasteiger partial charge is 0.330 e. The Morgan fingerprint density at radius 1 is 1.20 bits per heavy atom. The van der Waals surface area contributed by atoms with Crippen molar-refractivity contribution in [3.63, 3.8) is 0 Å². The summed E-state index contributed by atoms with van der Waals surface area (Å²) in [6.07, 6.45) is 8.36. The van der Waals surface area contributed by atoms with Crippen LogP contribution >= 0.6 is 0 Å². The molecule has 1 heterocycles. The molecule has 1 aliphatic rings. The van der Waals surface area contributed by atoms with Gasteiger partial charge in [0.15, 0.2) is 0 Å². The first-order valence-electron chi connectivity index (χ1n) is 6.01. The summed E-state index contributed by atoms with van der Waals surface area (Å²) < 4.78 is 0. The molecule has 1 fully saturated rings. The van der Waals surface area contributed by atoms with E-state index in [1.165, 1.54) is 37.8 Å². The zero-order valence-electron chi connectivity index (χ0n) is 9.23. The summed E-state index contributed by atoms with van der Waals surface area (Å²) in [6.45, 7) is 0.846. The van der Waals surface area contributed by atoms with E-state index in [1.54, 1.807) is 0 Å². The average molecular weight is 204 g/mol.